The minimum atomic E-state index is -1.09. The van der Waals surface area contributed by atoms with Crippen LogP contribution < -0.4 is 9.47 Å². The third-order valence-electron chi connectivity index (χ3n) is 4.46. The van der Waals surface area contributed by atoms with Crippen LogP contribution in [0, 0.1) is 0 Å². The molecule has 7 heteroatoms. The number of aliphatic carboxylic acids is 1. The van der Waals surface area contributed by atoms with Gasteiger partial charge >= 0.3 is 11.9 Å². The molecule has 0 spiro atoms. The van der Waals surface area contributed by atoms with Crippen LogP contribution in [0.3, 0.4) is 0 Å². The fourth-order valence-corrected chi connectivity index (χ4v) is 2.84. The summed E-state index contributed by atoms with van der Waals surface area (Å²) in [5.74, 6) is -0.748. The molecule has 1 aliphatic heterocycles. The molecule has 0 saturated heterocycles. The summed E-state index contributed by atoms with van der Waals surface area (Å²) in [6.07, 6.45) is 1.57. The van der Waals surface area contributed by atoms with Gasteiger partial charge in [0.05, 0.1) is 7.11 Å². The van der Waals surface area contributed by atoms with Crippen molar-refractivity contribution in [3.63, 3.8) is 0 Å². The number of carbonyl (C=O) groups is 2. The minimum absolute atomic E-state index is 0.0250. The SMILES string of the molecule is COc1cc(/C=C2\N=C(c3ccc(C(C)(C)C)cc3)OC2=O)ccc1OCC(=O)O. The maximum atomic E-state index is 12.3. The Morgan fingerprint density at radius 1 is 1.13 bits per heavy atom. The first-order chi connectivity index (χ1) is 14.2. The maximum absolute atomic E-state index is 12.3. The van der Waals surface area contributed by atoms with E-state index < -0.39 is 18.5 Å². The van der Waals surface area contributed by atoms with Crippen molar-refractivity contribution in [3.8, 4) is 11.5 Å². The average molecular weight is 409 g/mol. The van der Waals surface area contributed by atoms with Crippen LogP contribution in [0.1, 0.15) is 37.5 Å². The van der Waals surface area contributed by atoms with Crippen LogP contribution in [-0.2, 0) is 19.7 Å². The Hall–Kier alpha value is -3.61. The molecule has 2 aromatic rings. The Bertz CT molecular complexity index is 1030. The quantitative estimate of drug-likeness (QED) is 0.576. The second-order valence-electron chi connectivity index (χ2n) is 7.76. The molecule has 156 valence electrons. The fourth-order valence-electron chi connectivity index (χ4n) is 2.84. The van der Waals surface area contributed by atoms with Gasteiger partial charge in [-0.3, -0.25) is 0 Å². The number of methoxy groups -OCH3 is 1. The Balaban J connectivity index is 1.84. The average Bonchev–Trinajstić information content (AvgIpc) is 3.06. The highest BCUT2D eigenvalue weighted by Crippen LogP contribution is 2.30. The van der Waals surface area contributed by atoms with Crippen molar-refractivity contribution >= 4 is 23.9 Å². The summed E-state index contributed by atoms with van der Waals surface area (Å²) in [7, 11) is 1.45. The van der Waals surface area contributed by atoms with E-state index in [1.807, 2.05) is 24.3 Å². The Kier molecular flexibility index (Phi) is 5.91. The highest BCUT2D eigenvalue weighted by molar-refractivity contribution is 6.12. The van der Waals surface area contributed by atoms with Crippen LogP contribution in [0.5, 0.6) is 11.5 Å². The Labute approximate surface area is 174 Å². The molecule has 7 nitrogen and oxygen atoms in total. The summed E-state index contributed by atoms with van der Waals surface area (Å²) in [5.41, 5.74) is 2.71. The third-order valence-corrected chi connectivity index (χ3v) is 4.46. The van der Waals surface area contributed by atoms with Crippen LogP contribution in [0.2, 0.25) is 0 Å². The molecular weight excluding hydrogens is 386 g/mol. The first-order valence-corrected chi connectivity index (χ1v) is 9.33. The number of esters is 1. The van der Waals surface area contributed by atoms with Gasteiger partial charge in [-0.05, 0) is 46.9 Å². The first-order valence-electron chi connectivity index (χ1n) is 9.33. The summed E-state index contributed by atoms with van der Waals surface area (Å²) in [4.78, 5) is 27.3. The zero-order chi connectivity index (χ0) is 21.9. The van der Waals surface area contributed by atoms with E-state index in [0.29, 0.717) is 17.1 Å². The lowest BCUT2D eigenvalue weighted by atomic mass is 9.87. The largest absolute Gasteiger partial charge is 0.493 e. The fraction of sp³-hybridized carbons (Fsp3) is 0.261. The number of cyclic esters (lactones) is 1. The second-order valence-corrected chi connectivity index (χ2v) is 7.76. The molecule has 30 heavy (non-hydrogen) atoms. The van der Waals surface area contributed by atoms with Gasteiger partial charge in [0, 0.05) is 5.56 Å². The predicted octanol–water partition coefficient (Wildman–Crippen LogP) is 3.80. The van der Waals surface area contributed by atoms with Crippen LogP contribution in [0.4, 0.5) is 0 Å². The number of carboxylic acid groups (broad SMARTS) is 1. The van der Waals surface area contributed by atoms with Crippen LogP contribution in [0.25, 0.3) is 6.08 Å². The molecule has 0 bridgehead atoms. The molecule has 0 amide bonds. The maximum Gasteiger partial charge on any atom is 0.363 e. The van der Waals surface area contributed by atoms with Gasteiger partial charge in [0.1, 0.15) is 0 Å². The monoisotopic (exact) mass is 409 g/mol. The van der Waals surface area contributed by atoms with E-state index in [4.69, 9.17) is 19.3 Å². The van der Waals surface area contributed by atoms with Gasteiger partial charge in [0.2, 0.25) is 5.90 Å². The van der Waals surface area contributed by atoms with Gasteiger partial charge < -0.3 is 19.3 Å². The highest BCUT2D eigenvalue weighted by atomic mass is 16.6. The topological polar surface area (TPSA) is 94.4 Å². The number of ether oxygens (including phenoxy) is 3. The summed E-state index contributed by atoms with van der Waals surface area (Å²) >= 11 is 0. The number of benzene rings is 2. The van der Waals surface area contributed by atoms with Crippen molar-refractivity contribution in [2.45, 2.75) is 26.2 Å². The number of carbonyl (C=O) groups excluding carboxylic acids is 1. The molecule has 0 saturated carbocycles. The zero-order valence-electron chi connectivity index (χ0n) is 17.3. The van der Waals surface area contributed by atoms with Crippen LogP contribution in [0.15, 0.2) is 53.2 Å². The molecule has 0 aliphatic carbocycles. The van der Waals surface area contributed by atoms with Crippen molar-refractivity contribution in [2.75, 3.05) is 13.7 Å². The van der Waals surface area contributed by atoms with E-state index in [1.165, 1.54) is 12.7 Å². The molecule has 1 N–H and O–H groups in total. The third kappa shape index (κ3) is 4.86. The standard InChI is InChI=1S/C23H23NO6/c1-23(2,3)16-8-6-15(7-9-16)21-24-17(22(27)30-21)11-14-5-10-18(19(12-14)28-4)29-13-20(25)26/h5-12H,13H2,1-4H3,(H,25,26)/b17-11-. The number of nitrogens with zero attached hydrogens (tertiary/aromatic N) is 1. The zero-order valence-corrected chi connectivity index (χ0v) is 17.3. The lowest BCUT2D eigenvalue weighted by Crippen LogP contribution is -2.11. The molecule has 0 unspecified atom stereocenters. The predicted molar refractivity (Wildman–Crippen MR) is 112 cm³/mol. The van der Waals surface area contributed by atoms with Gasteiger partial charge in [-0.1, -0.05) is 39.0 Å². The van der Waals surface area contributed by atoms with Crippen molar-refractivity contribution in [2.24, 2.45) is 4.99 Å². The number of aliphatic imine (C=N–C) groups is 1. The van der Waals surface area contributed by atoms with E-state index in [9.17, 15) is 9.59 Å². The smallest absolute Gasteiger partial charge is 0.363 e. The lowest BCUT2D eigenvalue weighted by molar-refractivity contribution is -0.139. The summed E-state index contributed by atoms with van der Waals surface area (Å²) < 4.78 is 15.7. The molecule has 0 atom stereocenters. The minimum Gasteiger partial charge on any atom is -0.493 e. The molecule has 1 heterocycles. The van der Waals surface area contributed by atoms with Gasteiger partial charge in [-0.25, -0.2) is 14.6 Å². The molecule has 1 aliphatic rings. The van der Waals surface area contributed by atoms with Crippen LogP contribution >= 0.6 is 0 Å². The molecule has 2 aromatic carbocycles. The number of rotatable bonds is 6. The van der Waals surface area contributed by atoms with E-state index in [0.717, 1.165) is 5.56 Å². The summed E-state index contributed by atoms with van der Waals surface area (Å²) in [6.45, 7) is 5.90. The molecular formula is C23H23NO6. The number of hydrogen-bond acceptors (Lipinski definition) is 6. The number of hydrogen-bond donors (Lipinski definition) is 1. The summed E-state index contributed by atoms with van der Waals surface area (Å²) in [6, 6.07) is 12.6. The summed E-state index contributed by atoms with van der Waals surface area (Å²) in [5, 5.41) is 8.74. The van der Waals surface area contributed by atoms with E-state index >= 15 is 0 Å². The van der Waals surface area contributed by atoms with Crippen molar-refractivity contribution in [1.29, 1.82) is 0 Å². The van der Waals surface area contributed by atoms with Gasteiger partial charge in [-0.2, -0.15) is 0 Å². The van der Waals surface area contributed by atoms with Crippen LogP contribution in [-0.4, -0.2) is 36.7 Å². The van der Waals surface area contributed by atoms with Gasteiger partial charge in [-0.15, -0.1) is 0 Å². The molecule has 0 aromatic heterocycles. The Morgan fingerprint density at radius 3 is 2.43 bits per heavy atom. The van der Waals surface area contributed by atoms with Crippen molar-refractivity contribution in [3.05, 3.63) is 64.9 Å². The van der Waals surface area contributed by atoms with Gasteiger partial charge in [0.25, 0.3) is 0 Å². The van der Waals surface area contributed by atoms with E-state index in [2.05, 4.69) is 25.8 Å². The van der Waals surface area contributed by atoms with Crippen molar-refractivity contribution < 1.29 is 28.9 Å². The normalized spacial score (nSPS) is 15.0. The lowest BCUT2D eigenvalue weighted by Gasteiger charge is -2.18. The molecule has 0 radical (unpaired) electrons. The first kappa shape index (κ1) is 21.1. The van der Waals surface area contributed by atoms with E-state index in [1.54, 1.807) is 24.3 Å². The molecule has 3 rings (SSSR count). The second kappa shape index (κ2) is 8.41. The highest BCUT2D eigenvalue weighted by Gasteiger charge is 2.25. The van der Waals surface area contributed by atoms with Gasteiger partial charge in [0.15, 0.2) is 23.8 Å². The van der Waals surface area contributed by atoms with E-state index in [-0.39, 0.29) is 17.0 Å². The number of carboxylic acids is 1. The van der Waals surface area contributed by atoms with Crippen molar-refractivity contribution in [1.82, 2.24) is 0 Å². The molecule has 0 fully saturated rings. The Morgan fingerprint density at radius 2 is 1.83 bits per heavy atom.